The molecular formula is C12H30N6. The van der Waals surface area contributed by atoms with Crippen LogP contribution in [0.25, 0.3) is 0 Å². The maximum Gasteiger partial charge on any atom is 0.0256 e. The molecule has 0 unspecified atom stereocenters. The quantitative estimate of drug-likeness (QED) is 0.276. The van der Waals surface area contributed by atoms with E-state index in [1.165, 1.54) is 13.1 Å². The van der Waals surface area contributed by atoms with Gasteiger partial charge in [0.2, 0.25) is 0 Å². The first-order valence-electron chi connectivity index (χ1n) is 7.19. The minimum absolute atomic E-state index is 0.711. The van der Waals surface area contributed by atoms with E-state index in [0.29, 0.717) is 6.54 Å². The van der Waals surface area contributed by atoms with Crippen LogP contribution < -0.4 is 21.8 Å². The molecule has 0 aromatic heterocycles. The molecule has 108 valence electrons. The lowest BCUT2D eigenvalue weighted by molar-refractivity contribution is 0.170. The summed E-state index contributed by atoms with van der Waals surface area (Å²) in [6.07, 6.45) is 0. The number of hydrogen-bond acceptors (Lipinski definition) is 6. The second-order valence-corrected chi connectivity index (χ2v) is 4.62. The second-order valence-electron chi connectivity index (χ2n) is 4.62. The van der Waals surface area contributed by atoms with Crippen LogP contribution in [0.2, 0.25) is 0 Å². The molecule has 18 heavy (non-hydrogen) atoms. The maximum atomic E-state index is 5.44. The molecule has 6 heteroatoms. The average Bonchev–Trinajstić information content (AvgIpc) is 2.42. The monoisotopic (exact) mass is 258 g/mol. The fourth-order valence-electron chi connectivity index (χ4n) is 2.09. The summed E-state index contributed by atoms with van der Waals surface area (Å²) in [4.78, 5) is 2.50. The van der Waals surface area contributed by atoms with Crippen LogP contribution in [0.4, 0.5) is 0 Å². The lowest BCUT2D eigenvalue weighted by Crippen LogP contribution is -2.49. The summed E-state index contributed by atoms with van der Waals surface area (Å²) in [5.74, 6) is 0. The van der Waals surface area contributed by atoms with Crippen LogP contribution in [0.1, 0.15) is 6.92 Å². The lowest BCUT2D eigenvalue weighted by Gasteiger charge is -2.29. The molecule has 0 spiro atoms. The van der Waals surface area contributed by atoms with Gasteiger partial charge in [-0.2, -0.15) is 0 Å². The van der Waals surface area contributed by atoms with Gasteiger partial charge in [-0.25, -0.2) is 5.01 Å². The van der Waals surface area contributed by atoms with E-state index in [1.807, 2.05) is 0 Å². The number of nitrogens with zero attached hydrogens (tertiary/aromatic N) is 2. The molecular weight excluding hydrogens is 228 g/mol. The SMILES string of the molecule is CCN(CCNCCN)NCCN1CCNCC1. The number of rotatable bonds is 10. The lowest BCUT2D eigenvalue weighted by atomic mass is 10.3. The van der Waals surface area contributed by atoms with Crippen LogP contribution in [0, 0.1) is 0 Å². The highest BCUT2D eigenvalue weighted by molar-refractivity contribution is 4.68. The first kappa shape index (κ1) is 15.8. The molecule has 6 nitrogen and oxygen atoms in total. The summed E-state index contributed by atoms with van der Waals surface area (Å²) in [5.41, 5.74) is 8.93. The Hall–Kier alpha value is -0.240. The molecule has 5 N–H and O–H groups in total. The Bertz CT molecular complexity index is 183. The molecule has 1 heterocycles. The highest BCUT2D eigenvalue weighted by atomic mass is 15.5. The van der Waals surface area contributed by atoms with Crippen molar-refractivity contribution in [3.8, 4) is 0 Å². The fourth-order valence-corrected chi connectivity index (χ4v) is 2.09. The third-order valence-corrected chi connectivity index (χ3v) is 3.23. The van der Waals surface area contributed by atoms with E-state index >= 15 is 0 Å². The molecule has 0 atom stereocenters. The van der Waals surface area contributed by atoms with Crippen molar-refractivity contribution in [2.24, 2.45) is 5.73 Å². The molecule has 1 aliphatic rings. The van der Waals surface area contributed by atoms with Gasteiger partial charge in [-0.3, -0.25) is 10.3 Å². The molecule has 1 fully saturated rings. The Morgan fingerprint density at radius 3 is 2.67 bits per heavy atom. The van der Waals surface area contributed by atoms with E-state index in [4.69, 9.17) is 5.73 Å². The van der Waals surface area contributed by atoms with E-state index in [9.17, 15) is 0 Å². The Morgan fingerprint density at radius 1 is 1.22 bits per heavy atom. The van der Waals surface area contributed by atoms with E-state index in [-0.39, 0.29) is 0 Å². The topological polar surface area (TPSA) is 68.6 Å². The van der Waals surface area contributed by atoms with E-state index < -0.39 is 0 Å². The van der Waals surface area contributed by atoms with Crippen molar-refractivity contribution in [3.05, 3.63) is 0 Å². The van der Waals surface area contributed by atoms with E-state index in [1.54, 1.807) is 0 Å². The Morgan fingerprint density at radius 2 is 2.00 bits per heavy atom. The summed E-state index contributed by atoms with van der Waals surface area (Å²) in [7, 11) is 0. The third-order valence-electron chi connectivity index (χ3n) is 3.23. The molecule has 0 bridgehead atoms. The molecule has 0 amide bonds. The predicted molar refractivity (Wildman–Crippen MR) is 76.5 cm³/mol. The Kier molecular flexibility index (Phi) is 9.37. The molecule has 1 aliphatic heterocycles. The minimum Gasteiger partial charge on any atom is -0.329 e. The molecule has 0 aromatic rings. The van der Waals surface area contributed by atoms with Crippen molar-refractivity contribution in [2.75, 3.05) is 72.0 Å². The van der Waals surface area contributed by atoms with Gasteiger partial charge in [-0.1, -0.05) is 6.92 Å². The fraction of sp³-hybridized carbons (Fsp3) is 1.00. The van der Waals surface area contributed by atoms with Gasteiger partial charge < -0.3 is 16.4 Å². The molecule has 0 aromatic carbocycles. The van der Waals surface area contributed by atoms with Crippen LogP contribution >= 0.6 is 0 Å². The number of hydrogen-bond donors (Lipinski definition) is 4. The zero-order valence-corrected chi connectivity index (χ0v) is 11.7. The van der Waals surface area contributed by atoms with Crippen LogP contribution in [0.5, 0.6) is 0 Å². The third kappa shape index (κ3) is 7.25. The summed E-state index contributed by atoms with van der Waals surface area (Å²) in [6, 6.07) is 0. The molecule has 0 saturated carbocycles. The van der Waals surface area contributed by atoms with Crippen LogP contribution in [0.3, 0.4) is 0 Å². The largest absolute Gasteiger partial charge is 0.329 e. The van der Waals surface area contributed by atoms with Crippen molar-refractivity contribution < 1.29 is 0 Å². The smallest absolute Gasteiger partial charge is 0.0256 e. The van der Waals surface area contributed by atoms with Crippen molar-refractivity contribution in [3.63, 3.8) is 0 Å². The van der Waals surface area contributed by atoms with Gasteiger partial charge in [0.15, 0.2) is 0 Å². The zero-order chi connectivity index (χ0) is 13.1. The Labute approximate surface area is 111 Å². The summed E-state index contributed by atoms with van der Waals surface area (Å²) in [5, 5.41) is 8.96. The van der Waals surface area contributed by atoms with Gasteiger partial charge in [0.05, 0.1) is 0 Å². The Balaban J connectivity index is 1.99. The predicted octanol–water partition coefficient (Wildman–Crippen LogP) is -1.73. The van der Waals surface area contributed by atoms with Gasteiger partial charge in [0.1, 0.15) is 0 Å². The molecule has 1 rings (SSSR count). The maximum absolute atomic E-state index is 5.44. The minimum atomic E-state index is 0.711. The summed E-state index contributed by atoms with van der Waals surface area (Å²) >= 11 is 0. The van der Waals surface area contributed by atoms with Crippen molar-refractivity contribution in [2.45, 2.75) is 6.92 Å². The highest BCUT2D eigenvalue weighted by Crippen LogP contribution is 1.90. The first-order chi connectivity index (χ1) is 8.86. The van der Waals surface area contributed by atoms with Crippen LogP contribution in [-0.2, 0) is 0 Å². The highest BCUT2D eigenvalue weighted by Gasteiger charge is 2.09. The zero-order valence-electron chi connectivity index (χ0n) is 11.7. The number of hydrazine groups is 1. The first-order valence-corrected chi connectivity index (χ1v) is 7.19. The van der Waals surface area contributed by atoms with Gasteiger partial charge in [-0.05, 0) is 0 Å². The van der Waals surface area contributed by atoms with Gasteiger partial charge in [0.25, 0.3) is 0 Å². The van der Waals surface area contributed by atoms with Crippen LogP contribution in [-0.4, -0.2) is 81.9 Å². The molecule has 0 radical (unpaired) electrons. The van der Waals surface area contributed by atoms with Crippen LogP contribution in [0.15, 0.2) is 0 Å². The van der Waals surface area contributed by atoms with E-state index in [0.717, 1.165) is 52.4 Å². The second kappa shape index (κ2) is 10.7. The van der Waals surface area contributed by atoms with Crippen molar-refractivity contribution in [1.29, 1.82) is 0 Å². The number of piperazine rings is 1. The van der Waals surface area contributed by atoms with Crippen molar-refractivity contribution >= 4 is 0 Å². The molecule has 0 aliphatic carbocycles. The standard InChI is InChI=1S/C12H30N6/c1-2-18(12-7-14-4-3-13)16-8-11-17-9-5-15-6-10-17/h14-16H,2-13H2,1H3. The van der Waals surface area contributed by atoms with Gasteiger partial charge in [-0.15, -0.1) is 0 Å². The summed E-state index contributed by atoms with van der Waals surface area (Å²) in [6.45, 7) is 13.6. The van der Waals surface area contributed by atoms with E-state index in [2.05, 4.69) is 32.9 Å². The average molecular weight is 258 g/mol. The normalized spacial score (nSPS) is 17.5. The molecule has 1 saturated heterocycles. The van der Waals surface area contributed by atoms with Gasteiger partial charge >= 0.3 is 0 Å². The van der Waals surface area contributed by atoms with Gasteiger partial charge in [0, 0.05) is 72.0 Å². The number of nitrogens with one attached hydrogen (secondary N) is 3. The number of nitrogens with two attached hydrogens (primary N) is 1. The number of likely N-dealkylation sites (N-methyl/N-ethyl adjacent to an activating group) is 1. The summed E-state index contributed by atoms with van der Waals surface area (Å²) < 4.78 is 0. The van der Waals surface area contributed by atoms with Crippen molar-refractivity contribution in [1.82, 2.24) is 26.0 Å².